The van der Waals surface area contributed by atoms with E-state index in [0.29, 0.717) is 22.2 Å². The molecule has 39 heavy (non-hydrogen) atoms. The van der Waals surface area contributed by atoms with Gasteiger partial charge in [0.1, 0.15) is 17.3 Å². The number of nitrogens with zero attached hydrogens (tertiary/aromatic N) is 4. The maximum atomic E-state index is 10.9. The van der Waals surface area contributed by atoms with Crippen LogP contribution in [0.3, 0.4) is 0 Å². The SMILES string of the molecule is COc1ccc(-c2csc(=Nc3ccc(C(C)C)cc3)n2N=Cc2ccc(-c3ccc([N+](=O)[O-])cc3)o2)cc1. The first-order valence-corrected chi connectivity index (χ1v) is 13.2. The van der Waals surface area contributed by atoms with Gasteiger partial charge >= 0.3 is 0 Å². The lowest BCUT2D eigenvalue weighted by molar-refractivity contribution is -0.384. The number of furan rings is 1. The third-order valence-corrected chi connectivity index (χ3v) is 6.96. The number of ether oxygens (including phenoxy) is 1. The van der Waals surface area contributed by atoms with Gasteiger partial charge in [0.15, 0.2) is 0 Å². The van der Waals surface area contributed by atoms with E-state index in [4.69, 9.17) is 19.2 Å². The molecule has 0 aliphatic heterocycles. The van der Waals surface area contributed by atoms with E-state index in [1.165, 1.54) is 29.0 Å². The van der Waals surface area contributed by atoms with Crippen LogP contribution in [-0.2, 0) is 0 Å². The van der Waals surface area contributed by atoms with Crippen LogP contribution >= 0.6 is 11.3 Å². The van der Waals surface area contributed by atoms with Gasteiger partial charge in [-0.25, -0.2) is 9.67 Å². The van der Waals surface area contributed by atoms with Crippen molar-refractivity contribution in [3.63, 3.8) is 0 Å². The molecule has 0 unspecified atom stereocenters. The van der Waals surface area contributed by atoms with Crippen molar-refractivity contribution in [3.8, 4) is 28.3 Å². The molecular formula is C30H26N4O4S. The molecule has 0 spiro atoms. The molecule has 0 radical (unpaired) electrons. The molecule has 0 amide bonds. The summed E-state index contributed by atoms with van der Waals surface area (Å²) in [5.74, 6) is 2.34. The smallest absolute Gasteiger partial charge is 0.269 e. The zero-order valence-corrected chi connectivity index (χ0v) is 22.5. The van der Waals surface area contributed by atoms with Crippen molar-refractivity contribution < 1.29 is 14.1 Å². The van der Waals surface area contributed by atoms with Gasteiger partial charge in [-0.2, -0.15) is 5.10 Å². The minimum atomic E-state index is -0.427. The molecule has 2 heterocycles. The van der Waals surface area contributed by atoms with E-state index in [-0.39, 0.29) is 5.69 Å². The second-order valence-electron chi connectivity index (χ2n) is 9.05. The summed E-state index contributed by atoms with van der Waals surface area (Å²) >= 11 is 1.49. The third-order valence-electron chi connectivity index (χ3n) is 6.15. The van der Waals surface area contributed by atoms with Gasteiger partial charge in [0.2, 0.25) is 4.80 Å². The van der Waals surface area contributed by atoms with Gasteiger partial charge in [0.25, 0.3) is 5.69 Å². The van der Waals surface area contributed by atoms with Gasteiger partial charge < -0.3 is 9.15 Å². The van der Waals surface area contributed by atoms with E-state index < -0.39 is 4.92 Å². The van der Waals surface area contributed by atoms with Crippen molar-refractivity contribution in [3.05, 3.63) is 117 Å². The number of hydrogen-bond acceptors (Lipinski definition) is 7. The number of methoxy groups -OCH3 is 1. The van der Waals surface area contributed by atoms with Crippen molar-refractivity contribution in [2.45, 2.75) is 19.8 Å². The fraction of sp³-hybridized carbons (Fsp3) is 0.133. The monoisotopic (exact) mass is 538 g/mol. The lowest BCUT2D eigenvalue weighted by Gasteiger charge is -2.06. The molecule has 3 aromatic carbocycles. The van der Waals surface area contributed by atoms with Crippen LogP contribution in [0, 0.1) is 10.1 Å². The maximum absolute atomic E-state index is 10.9. The van der Waals surface area contributed by atoms with Gasteiger partial charge in [0.05, 0.1) is 29.6 Å². The average molecular weight is 539 g/mol. The number of nitro benzene ring substituents is 1. The molecule has 0 aliphatic rings. The second-order valence-corrected chi connectivity index (χ2v) is 9.89. The summed E-state index contributed by atoms with van der Waals surface area (Å²) in [6.07, 6.45) is 1.63. The van der Waals surface area contributed by atoms with E-state index in [1.807, 2.05) is 53.9 Å². The molecular weight excluding hydrogens is 512 g/mol. The molecule has 0 N–H and O–H groups in total. The summed E-state index contributed by atoms with van der Waals surface area (Å²) in [6, 6.07) is 25.8. The van der Waals surface area contributed by atoms with Gasteiger partial charge in [0, 0.05) is 28.6 Å². The van der Waals surface area contributed by atoms with E-state index >= 15 is 0 Å². The quantitative estimate of drug-likeness (QED) is 0.115. The molecule has 0 atom stereocenters. The molecule has 0 fully saturated rings. The average Bonchev–Trinajstić information content (AvgIpc) is 3.59. The van der Waals surface area contributed by atoms with Crippen molar-refractivity contribution in [2.75, 3.05) is 7.11 Å². The number of rotatable bonds is 8. The Hall–Kier alpha value is -4.76. The van der Waals surface area contributed by atoms with Crippen LogP contribution in [0.4, 0.5) is 11.4 Å². The zero-order valence-electron chi connectivity index (χ0n) is 21.6. The number of aromatic nitrogens is 1. The number of hydrogen-bond donors (Lipinski definition) is 0. The molecule has 2 aromatic heterocycles. The van der Waals surface area contributed by atoms with Crippen molar-refractivity contribution in [1.82, 2.24) is 4.68 Å². The van der Waals surface area contributed by atoms with Crippen molar-refractivity contribution in [2.24, 2.45) is 10.1 Å². The molecule has 5 rings (SSSR count). The first kappa shape index (κ1) is 25.9. The van der Waals surface area contributed by atoms with Gasteiger partial charge in [-0.1, -0.05) is 26.0 Å². The fourth-order valence-electron chi connectivity index (χ4n) is 3.93. The molecule has 0 aliphatic carbocycles. The lowest BCUT2D eigenvalue weighted by atomic mass is 10.0. The number of thiazole rings is 1. The van der Waals surface area contributed by atoms with Crippen LogP contribution in [0.1, 0.15) is 31.1 Å². The molecule has 5 aromatic rings. The number of nitro groups is 1. The van der Waals surface area contributed by atoms with Crippen LogP contribution in [0.5, 0.6) is 5.75 Å². The first-order chi connectivity index (χ1) is 18.9. The summed E-state index contributed by atoms with van der Waals surface area (Å²) in [4.78, 5) is 16.1. The summed E-state index contributed by atoms with van der Waals surface area (Å²) < 4.78 is 13.1. The Morgan fingerprint density at radius 3 is 2.28 bits per heavy atom. The third kappa shape index (κ3) is 5.89. The second kappa shape index (κ2) is 11.3. The Labute approximate surface area is 229 Å². The first-order valence-electron chi connectivity index (χ1n) is 12.3. The van der Waals surface area contributed by atoms with Crippen LogP contribution in [-0.4, -0.2) is 22.9 Å². The maximum Gasteiger partial charge on any atom is 0.269 e. The fourth-order valence-corrected chi connectivity index (χ4v) is 4.79. The standard InChI is InChI=1S/C30H26N4O4S/c1-20(2)21-4-10-24(11-5-21)32-30-33(28(19-39-30)22-8-14-26(37-3)15-9-22)31-18-27-16-17-29(38-27)23-6-12-25(13-7-23)34(35)36/h4-20H,1-3H3. The summed E-state index contributed by atoms with van der Waals surface area (Å²) in [5, 5.41) is 17.7. The van der Waals surface area contributed by atoms with E-state index in [9.17, 15) is 10.1 Å². The van der Waals surface area contributed by atoms with Crippen LogP contribution < -0.4 is 9.54 Å². The molecule has 0 bridgehead atoms. The van der Waals surface area contributed by atoms with E-state index in [1.54, 1.807) is 30.1 Å². The lowest BCUT2D eigenvalue weighted by Crippen LogP contribution is -2.11. The molecule has 0 saturated heterocycles. The van der Waals surface area contributed by atoms with Crippen molar-refractivity contribution in [1.29, 1.82) is 0 Å². The highest BCUT2D eigenvalue weighted by Gasteiger charge is 2.11. The predicted octanol–water partition coefficient (Wildman–Crippen LogP) is 7.63. The Kier molecular flexibility index (Phi) is 7.51. The zero-order chi connectivity index (χ0) is 27.4. The molecule has 0 saturated carbocycles. The minimum absolute atomic E-state index is 0.0298. The summed E-state index contributed by atoms with van der Waals surface area (Å²) in [5.41, 5.74) is 4.70. The normalized spacial score (nSPS) is 11.9. The molecule has 8 nitrogen and oxygen atoms in total. The Bertz CT molecular complexity index is 1680. The van der Waals surface area contributed by atoms with Crippen LogP contribution in [0.2, 0.25) is 0 Å². The minimum Gasteiger partial charge on any atom is -0.497 e. The van der Waals surface area contributed by atoms with E-state index in [0.717, 1.165) is 28.3 Å². The summed E-state index contributed by atoms with van der Waals surface area (Å²) in [6.45, 7) is 4.33. The number of benzene rings is 3. The summed E-state index contributed by atoms with van der Waals surface area (Å²) in [7, 11) is 1.64. The molecule has 196 valence electrons. The van der Waals surface area contributed by atoms with Gasteiger partial charge in [-0.15, -0.1) is 11.3 Å². The van der Waals surface area contributed by atoms with Crippen LogP contribution in [0.15, 0.2) is 105 Å². The Morgan fingerprint density at radius 2 is 1.64 bits per heavy atom. The van der Waals surface area contributed by atoms with Gasteiger partial charge in [-0.3, -0.25) is 10.1 Å². The highest BCUT2D eigenvalue weighted by Crippen LogP contribution is 2.26. The Morgan fingerprint density at radius 1 is 0.949 bits per heavy atom. The van der Waals surface area contributed by atoms with E-state index in [2.05, 4.69) is 26.0 Å². The largest absolute Gasteiger partial charge is 0.497 e. The highest BCUT2D eigenvalue weighted by molar-refractivity contribution is 7.07. The predicted molar refractivity (Wildman–Crippen MR) is 154 cm³/mol. The van der Waals surface area contributed by atoms with Crippen LogP contribution in [0.25, 0.3) is 22.6 Å². The topological polar surface area (TPSA) is 95.2 Å². The highest BCUT2D eigenvalue weighted by atomic mass is 32.1. The number of non-ortho nitro benzene ring substituents is 1. The van der Waals surface area contributed by atoms with Gasteiger partial charge in [-0.05, 0) is 72.1 Å². The molecule has 9 heteroatoms. The van der Waals surface area contributed by atoms with Crippen molar-refractivity contribution >= 4 is 28.9 Å². The Balaban J connectivity index is 1.51.